The minimum absolute atomic E-state index is 0. The van der Waals surface area contributed by atoms with Crippen molar-refractivity contribution in [2.24, 2.45) is 5.92 Å². The largest absolute Gasteiger partial charge is 0.497 e. The third-order valence-corrected chi connectivity index (χ3v) is 3.07. The van der Waals surface area contributed by atoms with Gasteiger partial charge >= 0.3 is 0 Å². The Labute approximate surface area is 134 Å². The van der Waals surface area contributed by atoms with Gasteiger partial charge in [0.05, 0.1) is 20.8 Å². The zero-order chi connectivity index (χ0) is 14.8. The van der Waals surface area contributed by atoms with Gasteiger partial charge in [-0.05, 0) is 18.4 Å². The molecule has 0 aliphatic rings. The second-order valence-corrected chi connectivity index (χ2v) is 5.15. The predicted molar refractivity (Wildman–Crippen MR) is 88.8 cm³/mol. The molecule has 4 nitrogen and oxygen atoms in total. The van der Waals surface area contributed by atoms with E-state index in [-0.39, 0.29) is 12.4 Å². The van der Waals surface area contributed by atoms with Crippen LogP contribution in [0.5, 0.6) is 11.5 Å². The van der Waals surface area contributed by atoms with Gasteiger partial charge < -0.3 is 19.5 Å². The highest BCUT2D eigenvalue weighted by Crippen LogP contribution is 2.24. The summed E-state index contributed by atoms with van der Waals surface area (Å²) in [5.41, 5.74) is 1.12. The molecule has 0 bridgehead atoms. The van der Waals surface area contributed by atoms with Gasteiger partial charge in [0, 0.05) is 31.3 Å². The Morgan fingerprint density at radius 2 is 1.86 bits per heavy atom. The van der Waals surface area contributed by atoms with Gasteiger partial charge in [-0.25, -0.2) is 0 Å². The van der Waals surface area contributed by atoms with Crippen LogP contribution in [0.1, 0.15) is 25.8 Å². The maximum Gasteiger partial charge on any atom is 0.127 e. The molecule has 21 heavy (non-hydrogen) atoms. The molecule has 0 spiro atoms. The topological polar surface area (TPSA) is 39.7 Å². The molecule has 5 heteroatoms. The molecule has 0 fully saturated rings. The van der Waals surface area contributed by atoms with E-state index < -0.39 is 0 Å². The lowest BCUT2D eigenvalue weighted by molar-refractivity contribution is 0.125. The smallest absolute Gasteiger partial charge is 0.127 e. The van der Waals surface area contributed by atoms with Gasteiger partial charge in [0.2, 0.25) is 0 Å². The van der Waals surface area contributed by atoms with E-state index in [1.54, 1.807) is 14.2 Å². The van der Waals surface area contributed by atoms with Crippen LogP contribution in [-0.2, 0) is 11.3 Å². The minimum atomic E-state index is 0. The molecule has 0 saturated carbocycles. The van der Waals surface area contributed by atoms with Gasteiger partial charge in [-0.15, -0.1) is 12.4 Å². The Balaban J connectivity index is 0.00000400. The molecule has 1 aromatic rings. The summed E-state index contributed by atoms with van der Waals surface area (Å²) in [5, 5.41) is 3.36. The summed E-state index contributed by atoms with van der Waals surface area (Å²) in [7, 11) is 3.33. The molecule has 1 N–H and O–H groups in total. The van der Waals surface area contributed by atoms with Gasteiger partial charge in [0.25, 0.3) is 0 Å². The van der Waals surface area contributed by atoms with Gasteiger partial charge in [-0.2, -0.15) is 0 Å². The van der Waals surface area contributed by atoms with Crippen molar-refractivity contribution >= 4 is 12.4 Å². The molecule has 0 atom stereocenters. The van der Waals surface area contributed by atoms with Crippen LogP contribution in [-0.4, -0.2) is 34.0 Å². The summed E-state index contributed by atoms with van der Waals surface area (Å²) in [6, 6.07) is 5.86. The van der Waals surface area contributed by atoms with Crippen molar-refractivity contribution in [2.75, 3.05) is 34.0 Å². The molecule has 1 rings (SSSR count). The predicted octanol–water partition coefficient (Wildman–Crippen LogP) is 3.28. The first-order valence-electron chi connectivity index (χ1n) is 7.16. The van der Waals surface area contributed by atoms with Crippen molar-refractivity contribution in [2.45, 2.75) is 26.8 Å². The highest BCUT2D eigenvalue weighted by molar-refractivity contribution is 5.85. The fourth-order valence-corrected chi connectivity index (χ4v) is 1.79. The maximum absolute atomic E-state index is 5.56. The molecule has 0 aromatic heterocycles. The summed E-state index contributed by atoms with van der Waals surface area (Å²) in [6.07, 6.45) is 1.12. The fraction of sp³-hybridized carbons (Fsp3) is 0.625. The Bertz CT molecular complexity index is 386. The number of halogens is 1. The first-order chi connectivity index (χ1) is 9.67. The lowest BCUT2D eigenvalue weighted by Crippen LogP contribution is -2.20. The van der Waals surface area contributed by atoms with E-state index in [0.717, 1.165) is 49.8 Å². The van der Waals surface area contributed by atoms with E-state index >= 15 is 0 Å². The molecule has 1 aromatic carbocycles. The van der Waals surface area contributed by atoms with Crippen LogP contribution in [0.15, 0.2) is 18.2 Å². The standard InChI is InChI=1S/C16H27NO3.ClH/c1-13(2)7-9-20-10-8-17-12-14-5-6-15(18-3)11-16(14)19-4;/h5-6,11,13,17H,7-10,12H2,1-4H3;1H. The third kappa shape index (κ3) is 8.15. The third-order valence-electron chi connectivity index (χ3n) is 3.07. The molecule has 0 aliphatic carbocycles. The molecule has 0 unspecified atom stereocenters. The van der Waals surface area contributed by atoms with Gasteiger partial charge in [-0.1, -0.05) is 19.9 Å². The van der Waals surface area contributed by atoms with Crippen molar-refractivity contribution < 1.29 is 14.2 Å². The minimum Gasteiger partial charge on any atom is -0.497 e. The summed E-state index contributed by atoms with van der Waals surface area (Å²) in [4.78, 5) is 0. The number of benzene rings is 1. The number of methoxy groups -OCH3 is 2. The van der Waals surface area contributed by atoms with Crippen molar-refractivity contribution in [1.29, 1.82) is 0 Å². The van der Waals surface area contributed by atoms with Crippen LogP contribution >= 0.6 is 12.4 Å². The van der Waals surface area contributed by atoms with Crippen molar-refractivity contribution in [3.63, 3.8) is 0 Å². The van der Waals surface area contributed by atoms with Crippen LogP contribution in [0.25, 0.3) is 0 Å². The van der Waals surface area contributed by atoms with Crippen molar-refractivity contribution in [1.82, 2.24) is 5.32 Å². The fourth-order valence-electron chi connectivity index (χ4n) is 1.79. The van der Waals surface area contributed by atoms with E-state index in [0.29, 0.717) is 5.92 Å². The number of rotatable bonds is 10. The first-order valence-corrected chi connectivity index (χ1v) is 7.16. The van der Waals surface area contributed by atoms with E-state index in [1.165, 1.54) is 0 Å². The lowest BCUT2D eigenvalue weighted by atomic mass is 10.1. The maximum atomic E-state index is 5.56. The van der Waals surface area contributed by atoms with Gasteiger partial charge in [-0.3, -0.25) is 0 Å². The summed E-state index contributed by atoms with van der Waals surface area (Å²) < 4.78 is 16.1. The van der Waals surface area contributed by atoms with E-state index in [9.17, 15) is 0 Å². The van der Waals surface area contributed by atoms with E-state index in [1.807, 2.05) is 18.2 Å². The number of hydrogen-bond donors (Lipinski definition) is 1. The molecule has 0 aliphatic heterocycles. The van der Waals surface area contributed by atoms with Gasteiger partial charge in [0.1, 0.15) is 11.5 Å². The SMILES string of the molecule is COc1ccc(CNCCOCCC(C)C)c(OC)c1.Cl. The van der Waals surface area contributed by atoms with Gasteiger partial charge in [0.15, 0.2) is 0 Å². The molecule has 0 heterocycles. The van der Waals surface area contributed by atoms with Crippen LogP contribution in [0.2, 0.25) is 0 Å². The van der Waals surface area contributed by atoms with E-state index in [4.69, 9.17) is 14.2 Å². The molecule has 0 saturated heterocycles. The van der Waals surface area contributed by atoms with E-state index in [2.05, 4.69) is 19.2 Å². The zero-order valence-corrected chi connectivity index (χ0v) is 14.3. The normalized spacial score (nSPS) is 10.3. The average Bonchev–Trinajstić information content (AvgIpc) is 2.46. The Kier molecular flexibility index (Phi) is 11.1. The average molecular weight is 318 g/mol. The lowest BCUT2D eigenvalue weighted by Gasteiger charge is -2.11. The molecular weight excluding hydrogens is 290 g/mol. The van der Waals surface area contributed by atoms with Crippen LogP contribution in [0.4, 0.5) is 0 Å². The van der Waals surface area contributed by atoms with Crippen molar-refractivity contribution in [3.05, 3.63) is 23.8 Å². The van der Waals surface area contributed by atoms with Crippen LogP contribution in [0, 0.1) is 5.92 Å². The quantitative estimate of drug-likeness (QED) is 0.672. The summed E-state index contributed by atoms with van der Waals surface area (Å²) in [6.45, 7) is 7.60. The van der Waals surface area contributed by atoms with Crippen LogP contribution in [0.3, 0.4) is 0 Å². The highest BCUT2D eigenvalue weighted by Gasteiger charge is 2.04. The first kappa shape index (κ1) is 20.0. The summed E-state index contributed by atoms with van der Waals surface area (Å²) in [5.74, 6) is 2.35. The number of hydrogen-bond acceptors (Lipinski definition) is 4. The monoisotopic (exact) mass is 317 g/mol. The highest BCUT2D eigenvalue weighted by atomic mass is 35.5. The number of nitrogens with one attached hydrogen (secondary N) is 1. The molecular formula is C16H28ClNO3. The molecule has 122 valence electrons. The Morgan fingerprint density at radius 1 is 1.10 bits per heavy atom. The zero-order valence-electron chi connectivity index (χ0n) is 13.5. The Morgan fingerprint density at radius 3 is 2.48 bits per heavy atom. The second kappa shape index (κ2) is 11.7. The second-order valence-electron chi connectivity index (χ2n) is 5.15. The molecule has 0 radical (unpaired) electrons. The summed E-state index contributed by atoms with van der Waals surface area (Å²) >= 11 is 0. The van der Waals surface area contributed by atoms with Crippen LogP contribution < -0.4 is 14.8 Å². The number of ether oxygens (including phenoxy) is 3. The Hall–Kier alpha value is -0.970. The van der Waals surface area contributed by atoms with Crippen molar-refractivity contribution in [3.8, 4) is 11.5 Å². The molecule has 0 amide bonds.